The number of benzene rings is 3. The van der Waals surface area contributed by atoms with Crippen LogP contribution in [0, 0.1) is 10.1 Å². The quantitative estimate of drug-likeness (QED) is 0.330. The van der Waals surface area contributed by atoms with Crippen LogP contribution in [0.1, 0.15) is 29.5 Å². The van der Waals surface area contributed by atoms with Crippen molar-refractivity contribution >= 4 is 27.5 Å². The normalized spacial score (nSPS) is 22.9. The molecule has 9 heteroatoms. The van der Waals surface area contributed by atoms with Gasteiger partial charge in [0.25, 0.3) is 11.9 Å². The fourth-order valence-electron chi connectivity index (χ4n) is 5.51. The molecule has 36 heavy (non-hydrogen) atoms. The number of nitrogens with one attached hydrogen (secondary N) is 1. The molecule has 3 aromatic rings. The zero-order valence-electron chi connectivity index (χ0n) is 19.9. The Morgan fingerprint density at radius 1 is 1.14 bits per heavy atom. The molecule has 1 N–H and O–H groups in total. The van der Waals surface area contributed by atoms with Crippen molar-refractivity contribution in [1.29, 1.82) is 0 Å². The molecule has 2 aliphatic rings. The molecule has 0 aliphatic carbocycles. The number of carbonyl (C=O) groups excluding carboxylic acids is 1. The minimum Gasteiger partial charge on any atom is -0.490 e. The van der Waals surface area contributed by atoms with Crippen LogP contribution in [0.5, 0.6) is 11.5 Å². The van der Waals surface area contributed by atoms with E-state index < -0.39 is 17.5 Å². The molecule has 2 aliphatic heterocycles. The third-order valence-corrected chi connectivity index (χ3v) is 7.62. The Kier molecular flexibility index (Phi) is 6.44. The molecule has 0 bridgehead atoms. The number of carbonyl (C=O) groups is 1. The molecule has 1 saturated heterocycles. The number of amides is 1. The molecule has 1 amide bonds. The number of likely N-dealkylation sites (N-methyl/N-ethyl adjacent to an activating group) is 1. The lowest BCUT2D eigenvalue weighted by Crippen LogP contribution is -2.54. The Labute approximate surface area is 217 Å². The Balaban J connectivity index is 1.55. The molecule has 3 atom stereocenters. The molecule has 3 aromatic carbocycles. The van der Waals surface area contributed by atoms with E-state index in [0.717, 1.165) is 5.56 Å². The summed E-state index contributed by atoms with van der Waals surface area (Å²) < 4.78 is 12.6. The van der Waals surface area contributed by atoms with Crippen LogP contribution in [-0.2, 0) is 16.9 Å². The van der Waals surface area contributed by atoms with Gasteiger partial charge in [0.05, 0.1) is 17.0 Å². The average Bonchev–Trinajstić information content (AvgIpc) is 3.34. The van der Waals surface area contributed by atoms with Gasteiger partial charge in [-0.3, -0.25) is 19.8 Å². The van der Waals surface area contributed by atoms with Crippen LogP contribution in [0.25, 0.3) is 0 Å². The van der Waals surface area contributed by atoms with Crippen molar-refractivity contribution in [1.82, 2.24) is 4.90 Å². The van der Waals surface area contributed by atoms with Gasteiger partial charge in [-0.25, -0.2) is 0 Å². The van der Waals surface area contributed by atoms with Crippen LogP contribution in [0.15, 0.2) is 71.2 Å². The second-order valence-corrected chi connectivity index (χ2v) is 9.87. The molecule has 5 rings (SSSR count). The van der Waals surface area contributed by atoms with Crippen LogP contribution in [-0.4, -0.2) is 42.0 Å². The van der Waals surface area contributed by atoms with Crippen molar-refractivity contribution in [2.24, 2.45) is 0 Å². The van der Waals surface area contributed by atoms with E-state index in [0.29, 0.717) is 52.5 Å². The highest BCUT2D eigenvalue weighted by molar-refractivity contribution is 9.10. The van der Waals surface area contributed by atoms with Crippen molar-refractivity contribution in [2.45, 2.75) is 31.0 Å². The summed E-state index contributed by atoms with van der Waals surface area (Å²) in [5.41, 5.74) is 1.57. The molecule has 0 saturated carbocycles. The van der Waals surface area contributed by atoms with E-state index in [9.17, 15) is 14.9 Å². The maximum atomic E-state index is 13.4. The number of fused-ring (bicyclic) bond motifs is 2. The number of anilines is 1. The summed E-state index contributed by atoms with van der Waals surface area (Å²) in [6.07, 6.45) is 0. The van der Waals surface area contributed by atoms with E-state index >= 15 is 0 Å². The average molecular weight is 552 g/mol. The minimum atomic E-state index is -1.40. The lowest BCUT2D eigenvalue weighted by molar-refractivity contribution is -0.534. The molecule has 8 nitrogen and oxygen atoms in total. The van der Waals surface area contributed by atoms with E-state index in [-0.39, 0.29) is 10.8 Å². The van der Waals surface area contributed by atoms with Crippen molar-refractivity contribution < 1.29 is 19.2 Å². The molecular weight excluding hydrogens is 526 g/mol. The zero-order valence-corrected chi connectivity index (χ0v) is 21.5. The van der Waals surface area contributed by atoms with Gasteiger partial charge in [0.2, 0.25) is 0 Å². The largest absolute Gasteiger partial charge is 0.490 e. The standard InChI is InChI=1S/C27H26BrN3O5/c1-3-35-23-14-18(13-21(28)24(23)36-16-17-9-5-4-6-10-17)19-15-30(2)27(25(19)31(33)34)20-11-7-8-12-22(20)29-26(27)32/h4-14,19,25H,3,15-16H2,1-2H3,(H,29,32)/t19-,25+,27-/m0/s1. The van der Waals surface area contributed by atoms with Gasteiger partial charge < -0.3 is 14.8 Å². The van der Waals surface area contributed by atoms with Gasteiger partial charge in [-0.1, -0.05) is 48.5 Å². The number of nitrogens with zero attached hydrogens (tertiary/aromatic N) is 2. The monoisotopic (exact) mass is 551 g/mol. The second kappa shape index (κ2) is 9.55. The van der Waals surface area contributed by atoms with Crippen molar-refractivity contribution in [3.8, 4) is 11.5 Å². The highest BCUT2D eigenvalue weighted by Crippen LogP contribution is 2.53. The van der Waals surface area contributed by atoms with Crippen LogP contribution >= 0.6 is 15.9 Å². The fourth-order valence-corrected chi connectivity index (χ4v) is 6.09. The topological polar surface area (TPSA) is 93.9 Å². The Bertz CT molecular complexity index is 1320. The predicted molar refractivity (Wildman–Crippen MR) is 139 cm³/mol. The zero-order chi connectivity index (χ0) is 25.4. The van der Waals surface area contributed by atoms with Gasteiger partial charge in [0, 0.05) is 22.7 Å². The maximum Gasteiger partial charge on any atom is 0.256 e. The molecule has 1 fully saturated rings. The lowest BCUT2D eigenvalue weighted by Gasteiger charge is -2.30. The van der Waals surface area contributed by atoms with Crippen LogP contribution in [0.3, 0.4) is 0 Å². The van der Waals surface area contributed by atoms with Gasteiger partial charge in [-0.15, -0.1) is 0 Å². The summed E-state index contributed by atoms with van der Waals surface area (Å²) in [5, 5.41) is 15.5. The number of para-hydroxylation sites is 1. The number of ether oxygens (including phenoxy) is 2. The van der Waals surface area contributed by atoms with Crippen LogP contribution in [0.4, 0.5) is 5.69 Å². The highest BCUT2D eigenvalue weighted by atomic mass is 79.9. The first-order valence-electron chi connectivity index (χ1n) is 11.8. The van der Waals surface area contributed by atoms with Gasteiger partial charge >= 0.3 is 0 Å². The van der Waals surface area contributed by atoms with Crippen LogP contribution in [0.2, 0.25) is 0 Å². The third kappa shape index (κ3) is 3.83. The van der Waals surface area contributed by atoms with E-state index in [1.54, 1.807) is 30.1 Å². The van der Waals surface area contributed by atoms with E-state index in [2.05, 4.69) is 21.2 Å². The third-order valence-electron chi connectivity index (χ3n) is 7.03. The summed E-state index contributed by atoms with van der Waals surface area (Å²) in [5.74, 6) is 0.106. The molecule has 186 valence electrons. The number of hydrogen-bond acceptors (Lipinski definition) is 6. The smallest absolute Gasteiger partial charge is 0.256 e. The predicted octanol–water partition coefficient (Wildman–Crippen LogP) is 4.95. The van der Waals surface area contributed by atoms with Gasteiger partial charge in [-0.05, 0) is 59.2 Å². The summed E-state index contributed by atoms with van der Waals surface area (Å²) in [4.78, 5) is 27.4. The SMILES string of the molecule is CCOc1cc([C@@H]2CN(C)[C@]3(C(=O)Nc4ccccc43)[C@@H]2[N+](=O)[O-])cc(Br)c1OCc1ccccc1. The fraction of sp³-hybridized carbons (Fsp3) is 0.296. The number of nitro groups is 1. The Morgan fingerprint density at radius 3 is 2.58 bits per heavy atom. The summed E-state index contributed by atoms with van der Waals surface area (Å²) in [6.45, 7) is 2.96. The summed E-state index contributed by atoms with van der Waals surface area (Å²) >= 11 is 3.61. The molecule has 0 unspecified atom stereocenters. The van der Waals surface area contributed by atoms with Crippen molar-refractivity contribution in [3.63, 3.8) is 0 Å². The highest BCUT2D eigenvalue weighted by Gasteiger charge is 2.68. The number of halogens is 1. The van der Waals surface area contributed by atoms with Crippen molar-refractivity contribution in [3.05, 3.63) is 98.0 Å². The van der Waals surface area contributed by atoms with E-state index in [1.165, 1.54) is 0 Å². The first-order valence-corrected chi connectivity index (χ1v) is 12.6. The minimum absolute atomic E-state index is 0.316. The maximum absolute atomic E-state index is 13.4. The van der Waals surface area contributed by atoms with Gasteiger partial charge in [0.15, 0.2) is 17.0 Å². The summed E-state index contributed by atoms with van der Waals surface area (Å²) in [7, 11) is 1.77. The van der Waals surface area contributed by atoms with Crippen LogP contribution < -0.4 is 14.8 Å². The Morgan fingerprint density at radius 2 is 1.86 bits per heavy atom. The van der Waals surface area contributed by atoms with Gasteiger partial charge in [0.1, 0.15) is 6.61 Å². The molecule has 0 aromatic heterocycles. The van der Waals surface area contributed by atoms with Crippen molar-refractivity contribution in [2.75, 3.05) is 25.5 Å². The lowest BCUT2D eigenvalue weighted by atomic mass is 9.79. The second-order valence-electron chi connectivity index (χ2n) is 9.02. The first-order chi connectivity index (χ1) is 17.4. The molecule has 1 spiro atoms. The van der Waals surface area contributed by atoms with E-state index in [1.807, 2.05) is 55.5 Å². The first kappa shape index (κ1) is 24.3. The number of likely N-dealkylation sites (tertiary alicyclic amines) is 1. The molecule has 2 heterocycles. The number of hydrogen-bond donors (Lipinski definition) is 1. The molecule has 0 radical (unpaired) electrons. The molecular formula is C27H26BrN3O5. The Hall–Kier alpha value is -3.43. The number of rotatable bonds is 7. The van der Waals surface area contributed by atoms with E-state index in [4.69, 9.17) is 9.47 Å². The summed E-state index contributed by atoms with van der Waals surface area (Å²) in [6, 6.07) is 19.4. The van der Waals surface area contributed by atoms with Gasteiger partial charge in [-0.2, -0.15) is 0 Å².